The summed E-state index contributed by atoms with van der Waals surface area (Å²) in [5.41, 5.74) is 7.99. The van der Waals surface area contributed by atoms with E-state index in [-0.39, 0.29) is 24.9 Å². The van der Waals surface area contributed by atoms with Crippen LogP contribution in [0.1, 0.15) is 49.0 Å². The van der Waals surface area contributed by atoms with E-state index in [1.54, 1.807) is 49.4 Å². The Morgan fingerprint density at radius 1 is 1.00 bits per heavy atom. The van der Waals surface area contributed by atoms with E-state index < -0.39 is 11.9 Å². The van der Waals surface area contributed by atoms with E-state index in [1.807, 2.05) is 12.3 Å². The van der Waals surface area contributed by atoms with Gasteiger partial charge in [0.05, 0.1) is 28.3 Å². The molecule has 2 N–H and O–H groups in total. The minimum Gasteiger partial charge on any atom is -0.487 e. The number of thiazole rings is 1. The van der Waals surface area contributed by atoms with Crippen LogP contribution in [0.5, 0.6) is 5.75 Å². The van der Waals surface area contributed by atoms with Gasteiger partial charge in [0.1, 0.15) is 27.9 Å². The van der Waals surface area contributed by atoms with Crippen molar-refractivity contribution < 1.29 is 23.8 Å². The van der Waals surface area contributed by atoms with E-state index in [4.69, 9.17) is 19.9 Å². The van der Waals surface area contributed by atoms with Gasteiger partial charge >= 0.3 is 11.9 Å². The molecule has 0 fully saturated rings. The smallest absolute Gasteiger partial charge is 0.348 e. The zero-order chi connectivity index (χ0) is 24.2. The highest BCUT2D eigenvalue weighted by Crippen LogP contribution is 2.33. The van der Waals surface area contributed by atoms with Crippen LogP contribution in [0.2, 0.25) is 0 Å². The van der Waals surface area contributed by atoms with Gasteiger partial charge in [0.2, 0.25) is 0 Å². The molecule has 3 heterocycles. The summed E-state index contributed by atoms with van der Waals surface area (Å²) in [6.07, 6.45) is 0. The largest absolute Gasteiger partial charge is 0.487 e. The van der Waals surface area contributed by atoms with Crippen LogP contribution in [-0.4, -0.2) is 33.5 Å². The van der Waals surface area contributed by atoms with E-state index in [9.17, 15) is 9.59 Å². The Bertz CT molecular complexity index is 1350. The Morgan fingerprint density at radius 2 is 1.76 bits per heavy atom. The SMILES string of the molecule is CCOC(=O)c1sc2nc(COC(=O)c3ccc(OCc4csc(C)n4)cc3)nc(N)c2c1C. The number of nitrogens with zero attached hydrogens (tertiary/aromatic N) is 3. The fourth-order valence-corrected chi connectivity index (χ4v) is 4.90. The van der Waals surface area contributed by atoms with Crippen molar-refractivity contribution in [2.24, 2.45) is 0 Å². The normalized spacial score (nSPS) is 10.9. The Kier molecular flexibility index (Phi) is 7.03. The first kappa shape index (κ1) is 23.6. The second kappa shape index (κ2) is 10.1. The van der Waals surface area contributed by atoms with E-state index in [2.05, 4.69) is 15.0 Å². The summed E-state index contributed by atoms with van der Waals surface area (Å²) < 4.78 is 16.1. The molecule has 9 nitrogen and oxygen atoms in total. The second-order valence-electron chi connectivity index (χ2n) is 7.23. The first-order valence-electron chi connectivity index (χ1n) is 10.4. The van der Waals surface area contributed by atoms with Crippen LogP contribution in [0.4, 0.5) is 5.82 Å². The van der Waals surface area contributed by atoms with Crippen LogP contribution in [0.25, 0.3) is 10.2 Å². The number of rotatable bonds is 8. The molecule has 0 amide bonds. The highest BCUT2D eigenvalue weighted by molar-refractivity contribution is 7.20. The van der Waals surface area contributed by atoms with Gasteiger partial charge in [-0.2, -0.15) is 0 Å². The molecule has 1 aromatic carbocycles. The lowest BCUT2D eigenvalue weighted by Crippen LogP contribution is -2.08. The Hall–Kier alpha value is -3.57. The van der Waals surface area contributed by atoms with Gasteiger partial charge in [-0.05, 0) is 50.6 Å². The molecule has 0 atom stereocenters. The number of thiophene rings is 1. The molecule has 3 aromatic heterocycles. The number of ether oxygens (including phenoxy) is 3. The molecular weight excluding hydrogens is 476 g/mol. The van der Waals surface area contributed by atoms with Crippen LogP contribution in [0.3, 0.4) is 0 Å². The third-order valence-electron chi connectivity index (χ3n) is 4.80. The average Bonchev–Trinajstić information content (AvgIpc) is 3.39. The van der Waals surface area contributed by atoms with Gasteiger partial charge in [-0.3, -0.25) is 0 Å². The Balaban J connectivity index is 1.40. The van der Waals surface area contributed by atoms with Gasteiger partial charge in [0.15, 0.2) is 12.4 Å². The lowest BCUT2D eigenvalue weighted by Gasteiger charge is -2.07. The summed E-state index contributed by atoms with van der Waals surface area (Å²) in [6, 6.07) is 6.64. The molecule has 34 heavy (non-hydrogen) atoms. The standard InChI is InChI=1S/C23H22N4O5S2/c1-4-30-23(29)19-12(2)18-20(24)26-17(27-21(18)34-19)10-32-22(28)14-5-7-16(8-6-14)31-9-15-11-33-13(3)25-15/h5-8,11H,4,9-10H2,1-3H3,(H2,24,26,27). The number of nitrogen functional groups attached to an aromatic ring is 1. The monoisotopic (exact) mass is 498 g/mol. The molecule has 0 saturated heterocycles. The molecule has 0 spiro atoms. The van der Waals surface area contributed by atoms with Crippen LogP contribution < -0.4 is 10.5 Å². The molecule has 176 valence electrons. The molecule has 4 aromatic rings. The molecule has 0 radical (unpaired) electrons. The number of carbonyl (C=O) groups is 2. The number of hydrogen-bond donors (Lipinski definition) is 1. The second-order valence-corrected chi connectivity index (χ2v) is 9.29. The number of carbonyl (C=O) groups excluding carboxylic acids is 2. The van der Waals surface area contributed by atoms with Crippen molar-refractivity contribution in [1.82, 2.24) is 15.0 Å². The van der Waals surface area contributed by atoms with Crippen molar-refractivity contribution in [2.45, 2.75) is 34.0 Å². The van der Waals surface area contributed by atoms with Gasteiger partial charge < -0.3 is 19.9 Å². The van der Waals surface area contributed by atoms with E-state index in [0.29, 0.717) is 38.6 Å². The summed E-state index contributed by atoms with van der Waals surface area (Å²) in [7, 11) is 0. The minimum absolute atomic E-state index is 0.161. The molecule has 11 heteroatoms. The zero-order valence-corrected chi connectivity index (χ0v) is 20.4. The number of benzene rings is 1. The third kappa shape index (κ3) is 5.15. The zero-order valence-electron chi connectivity index (χ0n) is 18.8. The first-order valence-corrected chi connectivity index (χ1v) is 12.1. The van der Waals surface area contributed by atoms with E-state index in [1.165, 1.54) is 11.3 Å². The van der Waals surface area contributed by atoms with Crippen molar-refractivity contribution >= 4 is 50.6 Å². The van der Waals surface area contributed by atoms with Crippen LogP contribution in [0, 0.1) is 13.8 Å². The van der Waals surface area contributed by atoms with Crippen molar-refractivity contribution in [2.75, 3.05) is 12.3 Å². The molecule has 0 saturated carbocycles. The summed E-state index contributed by atoms with van der Waals surface area (Å²) in [6.45, 7) is 5.92. The summed E-state index contributed by atoms with van der Waals surface area (Å²) in [5.74, 6) is 0.128. The quantitative estimate of drug-likeness (QED) is 0.350. The maximum Gasteiger partial charge on any atom is 0.348 e. The maximum atomic E-state index is 12.5. The van der Waals surface area contributed by atoms with Crippen molar-refractivity contribution in [1.29, 1.82) is 0 Å². The molecule has 4 rings (SSSR count). The molecular formula is C23H22N4O5S2. The molecule has 0 aliphatic rings. The topological polar surface area (TPSA) is 127 Å². The third-order valence-corrected chi connectivity index (χ3v) is 6.79. The molecule has 0 aliphatic heterocycles. The van der Waals surface area contributed by atoms with Crippen LogP contribution in [-0.2, 0) is 22.7 Å². The maximum absolute atomic E-state index is 12.5. The number of nitrogens with two attached hydrogens (primary N) is 1. The predicted octanol–water partition coefficient (Wildman–Crippen LogP) is 4.46. The lowest BCUT2D eigenvalue weighted by molar-refractivity contribution is 0.0461. The molecule has 0 unspecified atom stereocenters. The number of aryl methyl sites for hydroxylation is 2. The van der Waals surface area contributed by atoms with E-state index >= 15 is 0 Å². The first-order chi connectivity index (χ1) is 16.4. The fourth-order valence-electron chi connectivity index (χ4n) is 3.20. The number of fused-ring (bicyclic) bond motifs is 1. The minimum atomic E-state index is -0.529. The number of aromatic nitrogens is 3. The highest BCUT2D eigenvalue weighted by atomic mass is 32.1. The Morgan fingerprint density at radius 3 is 2.44 bits per heavy atom. The lowest BCUT2D eigenvalue weighted by atomic mass is 10.2. The highest BCUT2D eigenvalue weighted by Gasteiger charge is 2.21. The predicted molar refractivity (Wildman–Crippen MR) is 129 cm³/mol. The van der Waals surface area contributed by atoms with E-state index in [0.717, 1.165) is 10.7 Å². The molecule has 0 aliphatic carbocycles. The summed E-state index contributed by atoms with van der Waals surface area (Å²) in [5, 5.41) is 3.53. The van der Waals surface area contributed by atoms with Crippen LogP contribution in [0.15, 0.2) is 29.6 Å². The summed E-state index contributed by atoms with van der Waals surface area (Å²) in [4.78, 5) is 38.6. The van der Waals surface area contributed by atoms with Crippen LogP contribution >= 0.6 is 22.7 Å². The van der Waals surface area contributed by atoms with Gasteiger partial charge in [0.25, 0.3) is 0 Å². The van der Waals surface area contributed by atoms with Crippen molar-refractivity contribution in [3.05, 3.63) is 62.2 Å². The fraction of sp³-hybridized carbons (Fsp3) is 0.261. The van der Waals surface area contributed by atoms with Gasteiger partial charge in [0, 0.05) is 5.38 Å². The average molecular weight is 499 g/mol. The Labute approximate surface area is 203 Å². The number of esters is 2. The number of anilines is 1. The van der Waals surface area contributed by atoms with Crippen molar-refractivity contribution in [3.8, 4) is 5.75 Å². The van der Waals surface area contributed by atoms with Gasteiger partial charge in [-0.15, -0.1) is 22.7 Å². The van der Waals surface area contributed by atoms with Crippen molar-refractivity contribution in [3.63, 3.8) is 0 Å². The molecule has 0 bridgehead atoms. The van der Waals surface area contributed by atoms with Gasteiger partial charge in [-0.25, -0.2) is 24.5 Å². The van der Waals surface area contributed by atoms with Gasteiger partial charge in [-0.1, -0.05) is 0 Å². The summed E-state index contributed by atoms with van der Waals surface area (Å²) >= 11 is 2.74. The number of hydrogen-bond acceptors (Lipinski definition) is 11.